The van der Waals surface area contributed by atoms with Crippen LogP contribution in [0.1, 0.15) is 54.9 Å². The summed E-state index contributed by atoms with van der Waals surface area (Å²) in [4.78, 5) is 39.5. The van der Waals surface area contributed by atoms with E-state index in [9.17, 15) is 14.4 Å². The summed E-state index contributed by atoms with van der Waals surface area (Å²) >= 11 is 0. The number of hydrogen-bond acceptors (Lipinski definition) is 4. The van der Waals surface area contributed by atoms with Gasteiger partial charge >= 0.3 is 0 Å². The van der Waals surface area contributed by atoms with Crippen molar-refractivity contribution < 1.29 is 14.4 Å². The Hall–Kier alpha value is -2.41. The molecular weight excluding hydrogens is 356 g/mol. The largest absolute Gasteiger partial charge is 0.355 e. The number of carbonyl (C=O) groups is 3. The van der Waals surface area contributed by atoms with E-state index in [4.69, 9.17) is 5.73 Å². The Labute approximate surface area is 166 Å². The fraction of sp³-hybridized carbons (Fsp3) is 0.571. The van der Waals surface area contributed by atoms with Crippen LogP contribution in [0, 0.1) is 12.8 Å². The molecule has 152 valence electrons. The Morgan fingerprint density at radius 1 is 1.18 bits per heavy atom. The summed E-state index contributed by atoms with van der Waals surface area (Å²) in [5.74, 6) is -0.336. The van der Waals surface area contributed by atoms with Crippen LogP contribution in [0.3, 0.4) is 0 Å². The van der Waals surface area contributed by atoms with Crippen LogP contribution < -0.4 is 16.4 Å². The van der Waals surface area contributed by atoms with Crippen molar-refractivity contribution in [3.63, 3.8) is 0 Å². The molecule has 4 N–H and O–H groups in total. The number of anilines is 1. The molecule has 7 heteroatoms. The van der Waals surface area contributed by atoms with Crippen molar-refractivity contribution in [2.24, 2.45) is 11.7 Å². The molecule has 2 aliphatic rings. The van der Waals surface area contributed by atoms with Gasteiger partial charge in [-0.15, -0.1) is 0 Å². The highest BCUT2D eigenvalue weighted by molar-refractivity contribution is 6.00. The van der Waals surface area contributed by atoms with Gasteiger partial charge in [-0.1, -0.05) is 18.9 Å². The van der Waals surface area contributed by atoms with Gasteiger partial charge in [0, 0.05) is 36.3 Å². The van der Waals surface area contributed by atoms with Gasteiger partial charge in [0.25, 0.3) is 5.91 Å². The predicted molar refractivity (Wildman–Crippen MR) is 108 cm³/mol. The van der Waals surface area contributed by atoms with E-state index in [0.717, 1.165) is 31.2 Å². The lowest BCUT2D eigenvalue weighted by Crippen LogP contribution is -2.46. The summed E-state index contributed by atoms with van der Waals surface area (Å²) < 4.78 is 0. The van der Waals surface area contributed by atoms with E-state index in [-0.39, 0.29) is 29.7 Å². The van der Waals surface area contributed by atoms with Crippen LogP contribution in [0.15, 0.2) is 18.2 Å². The summed E-state index contributed by atoms with van der Waals surface area (Å²) in [6, 6.07) is 4.50. The molecular formula is C21H30N4O3. The second-order valence-electron chi connectivity index (χ2n) is 7.86. The average molecular weight is 386 g/mol. The lowest BCUT2D eigenvalue weighted by atomic mass is 10.1. The normalized spacial score (nSPS) is 22.3. The van der Waals surface area contributed by atoms with Crippen molar-refractivity contribution in [3.8, 4) is 0 Å². The standard InChI is InChI=1S/C21H30N4O3/c1-3-23-20(27)18-11-16(22)12-25(18)21(28)15-9-8-13(2)17(10-15)24-19(26)14-6-4-5-7-14/h8-10,14,16,18H,3-7,11-12,22H2,1-2H3,(H,23,27)(H,24,26)/t16-,18-/m0/s1. The third-order valence-corrected chi connectivity index (χ3v) is 5.72. The quantitative estimate of drug-likeness (QED) is 0.718. The Balaban J connectivity index is 1.77. The van der Waals surface area contributed by atoms with Gasteiger partial charge in [-0.05, 0) is 50.8 Å². The van der Waals surface area contributed by atoms with Gasteiger partial charge in [0.2, 0.25) is 11.8 Å². The molecule has 0 bridgehead atoms. The van der Waals surface area contributed by atoms with Crippen molar-refractivity contribution in [1.82, 2.24) is 10.2 Å². The number of likely N-dealkylation sites (tertiary alicyclic amines) is 1. The molecule has 3 amide bonds. The topological polar surface area (TPSA) is 105 Å². The van der Waals surface area contributed by atoms with Gasteiger partial charge in [0.1, 0.15) is 6.04 Å². The highest BCUT2D eigenvalue weighted by Crippen LogP contribution is 2.28. The van der Waals surface area contributed by atoms with Crippen molar-refractivity contribution in [2.45, 2.75) is 58.0 Å². The summed E-state index contributed by atoms with van der Waals surface area (Å²) in [6.45, 7) is 4.60. The molecule has 1 aliphatic heterocycles. The van der Waals surface area contributed by atoms with Crippen LogP contribution >= 0.6 is 0 Å². The minimum Gasteiger partial charge on any atom is -0.355 e. The molecule has 1 heterocycles. The second kappa shape index (κ2) is 8.73. The van der Waals surface area contributed by atoms with Gasteiger partial charge in [0.05, 0.1) is 0 Å². The number of hydrogen-bond donors (Lipinski definition) is 3. The molecule has 1 aliphatic carbocycles. The summed E-state index contributed by atoms with van der Waals surface area (Å²) in [5.41, 5.74) is 8.04. The molecule has 0 unspecified atom stereocenters. The molecule has 1 saturated heterocycles. The van der Waals surface area contributed by atoms with Gasteiger partial charge in [-0.3, -0.25) is 14.4 Å². The highest BCUT2D eigenvalue weighted by Gasteiger charge is 2.38. The third kappa shape index (κ3) is 4.35. The van der Waals surface area contributed by atoms with E-state index in [1.165, 1.54) is 0 Å². The summed E-state index contributed by atoms with van der Waals surface area (Å²) in [6.07, 6.45) is 4.47. The number of nitrogens with two attached hydrogens (primary N) is 1. The van der Waals surface area contributed by atoms with Crippen LogP contribution in [0.2, 0.25) is 0 Å². The molecule has 0 radical (unpaired) electrons. The molecule has 2 atom stereocenters. The summed E-state index contributed by atoms with van der Waals surface area (Å²) in [5, 5.41) is 5.76. The monoisotopic (exact) mass is 386 g/mol. The van der Waals surface area contributed by atoms with E-state index in [2.05, 4.69) is 10.6 Å². The molecule has 0 spiro atoms. The second-order valence-corrected chi connectivity index (χ2v) is 7.86. The Kier molecular flexibility index (Phi) is 6.34. The maximum atomic E-state index is 13.1. The van der Waals surface area contributed by atoms with E-state index in [1.807, 2.05) is 19.9 Å². The zero-order chi connectivity index (χ0) is 20.3. The Bertz CT molecular complexity index is 758. The van der Waals surface area contributed by atoms with Crippen molar-refractivity contribution in [2.75, 3.05) is 18.4 Å². The van der Waals surface area contributed by atoms with E-state index in [0.29, 0.717) is 30.8 Å². The first-order chi connectivity index (χ1) is 13.4. The van der Waals surface area contributed by atoms with Gasteiger partial charge in [-0.25, -0.2) is 0 Å². The van der Waals surface area contributed by atoms with Crippen molar-refractivity contribution in [1.29, 1.82) is 0 Å². The van der Waals surface area contributed by atoms with Crippen molar-refractivity contribution >= 4 is 23.4 Å². The van der Waals surface area contributed by atoms with E-state index >= 15 is 0 Å². The lowest BCUT2D eigenvalue weighted by Gasteiger charge is -2.24. The Morgan fingerprint density at radius 2 is 1.89 bits per heavy atom. The van der Waals surface area contributed by atoms with Crippen LogP contribution in [0.4, 0.5) is 5.69 Å². The maximum absolute atomic E-state index is 13.1. The Morgan fingerprint density at radius 3 is 2.57 bits per heavy atom. The molecule has 2 fully saturated rings. The average Bonchev–Trinajstić information content (AvgIpc) is 3.33. The fourth-order valence-electron chi connectivity index (χ4n) is 4.11. The van der Waals surface area contributed by atoms with Crippen LogP contribution in [-0.4, -0.2) is 47.8 Å². The number of nitrogens with one attached hydrogen (secondary N) is 2. The molecule has 1 saturated carbocycles. The number of aryl methyl sites for hydroxylation is 1. The molecule has 7 nitrogen and oxygen atoms in total. The SMILES string of the molecule is CCNC(=O)[C@@H]1C[C@H](N)CN1C(=O)c1ccc(C)c(NC(=O)C2CCCC2)c1. The number of rotatable bonds is 5. The number of nitrogens with zero attached hydrogens (tertiary/aromatic N) is 1. The third-order valence-electron chi connectivity index (χ3n) is 5.72. The maximum Gasteiger partial charge on any atom is 0.254 e. The fourth-order valence-corrected chi connectivity index (χ4v) is 4.11. The zero-order valence-corrected chi connectivity index (χ0v) is 16.7. The van der Waals surface area contributed by atoms with Crippen LogP contribution in [0.25, 0.3) is 0 Å². The van der Waals surface area contributed by atoms with Crippen LogP contribution in [0.5, 0.6) is 0 Å². The molecule has 1 aromatic carbocycles. The molecule has 0 aromatic heterocycles. The molecule has 28 heavy (non-hydrogen) atoms. The molecule has 1 aromatic rings. The number of amides is 3. The molecule has 3 rings (SSSR count). The van der Waals surface area contributed by atoms with E-state index < -0.39 is 6.04 Å². The number of benzene rings is 1. The summed E-state index contributed by atoms with van der Waals surface area (Å²) in [7, 11) is 0. The van der Waals surface area contributed by atoms with Crippen LogP contribution in [-0.2, 0) is 9.59 Å². The first kappa shape index (κ1) is 20.3. The smallest absolute Gasteiger partial charge is 0.254 e. The number of likely N-dealkylation sites (N-methyl/N-ethyl adjacent to an activating group) is 1. The predicted octanol–water partition coefficient (Wildman–Crippen LogP) is 1.80. The van der Waals surface area contributed by atoms with Gasteiger partial charge in [-0.2, -0.15) is 0 Å². The number of carbonyl (C=O) groups excluding carboxylic acids is 3. The highest BCUT2D eigenvalue weighted by atomic mass is 16.2. The van der Waals surface area contributed by atoms with Crippen molar-refractivity contribution in [3.05, 3.63) is 29.3 Å². The van der Waals surface area contributed by atoms with E-state index in [1.54, 1.807) is 17.0 Å². The van der Waals surface area contributed by atoms with Gasteiger partial charge in [0.15, 0.2) is 0 Å². The zero-order valence-electron chi connectivity index (χ0n) is 16.7. The first-order valence-corrected chi connectivity index (χ1v) is 10.2. The lowest BCUT2D eigenvalue weighted by molar-refractivity contribution is -0.124. The minimum absolute atomic E-state index is 0.0218. The van der Waals surface area contributed by atoms with Gasteiger partial charge < -0.3 is 21.3 Å². The minimum atomic E-state index is -0.555. The first-order valence-electron chi connectivity index (χ1n) is 10.2.